The third-order valence-corrected chi connectivity index (χ3v) is 2.50. The first-order valence-electron chi connectivity index (χ1n) is 5.16. The molecule has 0 fully saturated rings. The fraction of sp³-hybridized carbons (Fsp3) is 0.0909. The van der Waals surface area contributed by atoms with E-state index in [9.17, 15) is 22.4 Å². The molecule has 3 N–H and O–H groups in total. The Bertz CT molecular complexity index is 662. The molecule has 20 heavy (non-hydrogen) atoms. The molecule has 0 saturated heterocycles. The molecular formula is C11H7F4N3O2. The van der Waals surface area contributed by atoms with Gasteiger partial charge in [0.15, 0.2) is 5.69 Å². The number of aromatic nitrogens is 2. The molecule has 106 valence electrons. The Morgan fingerprint density at radius 1 is 1.25 bits per heavy atom. The number of benzene rings is 1. The van der Waals surface area contributed by atoms with Gasteiger partial charge in [0.25, 0.3) is 0 Å². The summed E-state index contributed by atoms with van der Waals surface area (Å²) in [6.07, 6.45) is -4.95. The van der Waals surface area contributed by atoms with Crippen LogP contribution in [-0.2, 0) is 6.30 Å². The maximum atomic E-state index is 12.8. The molecule has 0 unspecified atom stereocenters. The summed E-state index contributed by atoms with van der Waals surface area (Å²) in [7, 11) is 0. The van der Waals surface area contributed by atoms with Crippen molar-refractivity contribution in [2.24, 2.45) is 0 Å². The van der Waals surface area contributed by atoms with Crippen molar-refractivity contribution < 1.29 is 27.5 Å². The highest BCUT2D eigenvalue weighted by atomic mass is 19.4. The van der Waals surface area contributed by atoms with Gasteiger partial charge in [-0.3, -0.25) is 0 Å². The number of carbonyl (C=O) groups is 1. The molecule has 0 atom stereocenters. The van der Waals surface area contributed by atoms with Crippen molar-refractivity contribution in [3.63, 3.8) is 0 Å². The van der Waals surface area contributed by atoms with Crippen LogP contribution in [0.1, 0.15) is 10.5 Å². The summed E-state index contributed by atoms with van der Waals surface area (Å²) in [6.45, 7) is 0. The Labute approximate surface area is 109 Å². The van der Waals surface area contributed by atoms with Gasteiger partial charge in [-0.15, -0.1) is 13.2 Å². The minimum Gasteiger partial charge on any atom is -0.476 e. The van der Waals surface area contributed by atoms with Crippen LogP contribution in [0.4, 0.5) is 23.4 Å². The Morgan fingerprint density at radius 3 is 2.25 bits per heavy atom. The molecule has 0 aliphatic heterocycles. The van der Waals surface area contributed by atoms with E-state index in [0.717, 1.165) is 24.3 Å². The van der Waals surface area contributed by atoms with E-state index in [4.69, 9.17) is 10.8 Å². The number of alkyl halides is 3. The predicted molar refractivity (Wildman–Crippen MR) is 60.3 cm³/mol. The van der Waals surface area contributed by atoms with Gasteiger partial charge < -0.3 is 10.8 Å². The SMILES string of the molecule is Nc1c(-c2ccc(F)cc2)c(C(=O)O)nn1C(F)(F)F. The number of carboxylic acid groups (broad SMARTS) is 1. The number of carboxylic acids is 1. The number of anilines is 1. The van der Waals surface area contributed by atoms with Gasteiger partial charge in [0.05, 0.1) is 5.56 Å². The van der Waals surface area contributed by atoms with Crippen LogP contribution in [0, 0.1) is 5.82 Å². The summed E-state index contributed by atoms with van der Waals surface area (Å²) in [5.74, 6) is -3.16. The highest BCUT2D eigenvalue weighted by molar-refractivity contribution is 5.97. The van der Waals surface area contributed by atoms with Crippen molar-refractivity contribution in [3.8, 4) is 11.1 Å². The monoisotopic (exact) mass is 289 g/mol. The maximum absolute atomic E-state index is 12.8. The van der Waals surface area contributed by atoms with Crippen LogP contribution in [-0.4, -0.2) is 20.9 Å². The molecule has 1 aromatic heterocycles. The van der Waals surface area contributed by atoms with Gasteiger partial charge in [0.1, 0.15) is 11.6 Å². The molecule has 2 rings (SSSR count). The molecule has 0 aliphatic carbocycles. The first kappa shape index (κ1) is 13.8. The lowest BCUT2D eigenvalue weighted by Crippen LogP contribution is -2.20. The molecule has 1 aromatic carbocycles. The van der Waals surface area contributed by atoms with Crippen molar-refractivity contribution in [2.75, 3.05) is 5.73 Å². The van der Waals surface area contributed by atoms with Crippen LogP contribution in [0.2, 0.25) is 0 Å². The van der Waals surface area contributed by atoms with Crippen LogP contribution >= 0.6 is 0 Å². The van der Waals surface area contributed by atoms with E-state index < -0.39 is 39.8 Å². The Morgan fingerprint density at radius 2 is 1.80 bits per heavy atom. The van der Waals surface area contributed by atoms with Crippen molar-refractivity contribution in [1.82, 2.24) is 9.78 Å². The number of nitrogens with zero attached hydrogens (tertiary/aromatic N) is 2. The predicted octanol–water partition coefficient (Wildman–Crippen LogP) is 2.45. The first-order chi connectivity index (χ1) is 9.21. The second-order valence-corrected chi connectivity index (χ2v) is 3.80. The van der Waals surface area contributed by atoms with Crippen LogP contribution in [0.15, 0.2) is 24.3 Å². The summed E-state index contributed by atoms with van der Waals surface area (Å²) in [6, 6.07) is 4.20. The lowest BCUT2D eigenvalue weighted by Gasteiger charge is -2.08. The summed E-state index contributed by atoms with van der Waals surface area (Å²) >= 11 is 0. The number of nitrogens with two attached hydrogens (primary N) is 1. The Hall–Kier alpha value is -2.58. The Kier molecular flexibility index (Phi) is 3.12. The molecule has 9 heteroatoms. The molecule has 0 bridgehead atoms. The van der Waals surface area contributed by atoms with Gasteiger partial charge >= 0.3 is 12.3 Å². The van der Waals surface area contributed by atoms with Crippen LogP contribution in [0.25, 0.3) is 11.1 Å². The maximum Gasteiger partial charge on any atom is 0.506 e. The number of halogens is 4. The summed E-state index contributed by atoms with van der Waals surface area (Å²) in [5, 5.41) is 11.9. The topological polar surface area (TPSA) is 81.1 Å². The van der Waals surface area contributed by atoms with E-state index in [1.54, 1.807) is 0 Å². The van der Waals surface area contributed by atoms with Gasteiger partial charge in [0, 0.05) is 0 Å². The van der Waals surface area contributed by atoms with Gasteiger partial charge in [-0.2, -0.15) is 9.78 Å². The van der Waals surface area contributed by atoms with Crippen molar-refractivity contribution >= 4 is 11.8 Å². The Balaban J connectivity index is 2.71. The van der Waals surface area contributed by atoms with Gasteiger partial charge in [0.2, 0.25) is 0 Å². The molecule has 0 saturated carbocycles. The zero-order chi connectivity index (χ0) is 15.1. The zero-order valence-electron chi connectivity index (χ0n) is 9.65. The van der Waals surface area contributed by atoms with Gasteiger partial charge in [-0.1, -0.05) is 12.1 Å². The van der Waals surface area contributed by atoms with Crippen molar-refractivity contribution in [1.29, 1.82) is 0 Å². The van der Waals surface area contributed by atoms with Crippen molar-refractivity contribution in [3.05, 3.63) is 35.8 Å². The van der Waals surface area contributed by atoms with E-state index in [1.807, 2.05) is 0 Å². The third kappa shape index (κ3) is 2.29. The van der Waals surface area contributed by atoms with E-state index in [-0.39, 0.29) is 5.56 Å². The fourth-order valence-electron chi connectivity index (χ4n) is 1.68. The minimum absolute atomic E-state index is 0.0248. The largest absolute Gasteiger partial charge is 0.506 e. The summed E-state index contributed by atoms with van der Waals surface area (Å²) < 4.78 is 50.2. The summed E-state index contributed by atoms with van der Waals surface area (Å²) in [4.78, 5) is 11.0. The van der Waals surface area contributed by atoms with Crippen LogP contribution in [0.3, 0.4) is 0 Å². The third-order valence-electron chi connectivity index (χ3n) is 2.50. The highest BCUT2D eigenvalue weighted by Crippen LogP contribution is 2.35. The number of hydrogen-bond acceptors (Lipinski definition) is 3. The fourth-order valence-corrected chi connectivity index (χ4v) is 1.68. The number of hydrogen-bond donors (Lipinski definition) is 2. The van der Waals surface area contributed by atoms with Gasteiger partial charge in [-0.25, -0.2) is 9.18 Å². The minimum atomic E-state index is -4.95. The lowest BCUT2D eigenvalue weighted by molar-refractivity contribution is -0.210. The molecular weight excluding hydrogens is 282 g/mol. The van der Waals surface area contributed by atoms with Gasteiger partial charge in [-0.05, 0) is 17.7 Å². The first-order valence-corrected chi connectivity index (χ1v) is 5.16. The second kappa shape index (κ2) is 4.51. The average molecular weight is 289 g/mol. The zero-order valence-corrected chi connectivity index (χ0v) is 9.65. The van der Waals surface area contributed by atoms with Crippen molar-refractivity contribution in [2.45, 2.75) is 6.30 Å². The standard InChI is InChI=1S/C11H7F4N3O2/c12-6-3-1-5(2-4-6)7-8(10(19)20)17-18(9(7)16)11(13,14)15/h1-4H,16H2,(H,19,20). The van der Waals surface area contributed by atoms with E-state index in [0.29, 0.717) is 0 Å². The molecule has 0 aliphatic rings. The molecule has 2 aromatic rings. The molecule has 1 heterocycles. The van der Waals surface area contributed by atoms with E-state index >= 15 is 0 Å². The lowest BCUT2D eigenvalue weighted by atomic mass is 10.1. The summed E-state index contributed by atoms with van der Waals surface area (Å²) in [5.41, 5.74) is 4.08. The normalized spacial score (nSPS) is 11.6. The number of nitrogen functional groups attached to an aromatic ring is 1. The highest BCUT2D eigenvalue weighted by Gasteiger charge is 2.37. The number of aromatic carboxylic acids is 1. The molecule has 0 spiro atoms. The van der Waals surface area contributed by atoms with Crippen LogP contribution < -0.4 is 5.73 Å². The van der Waals surface area contributed by atoms with E-state index in [1.165, 1.54) is 0 Å². The molecule has 0 amide bonds. The second-order valence-electron chi connectivity index (χ2n) is 3.80. The molecule has 5 nitrogen and oxygen atoms in total. The average Bonchev–Trinajstić information content (AvgIpc) is 2.68. The number of rotatable bonds is 2. The van der Waals surface area contributed by atoms with E-state index in [2.05, 4.69) is 5.10 Å². The molecule has 0 radical (unpaired) electrons. The van der Waals surface area contributed by atoms with Crippen LogP contribution in [0.5, 0.6) is 0 Å². The smallest absolute Gasteiger partial charge is 0.476 e. The quantitative estimate of drug-likeness (QED) is 0.832.